The minimum absolute atomic E-state index is 0.0846. The highest BCUT2D eigenvalue weighted by atomic mass is 35.5. The number of benzene rings is 2. The Morgan fingerprint density at radius 3 is 2.73 bits per heavy atom. The summed E-state index contributed by atoms with van der Waals surface area (Å²) in [5.41, 5.74) is 2.56. The topological polar surface area (TPSA) is 97.0 Å². The molecule has 10 heteroatoms. The lowest BCUT2D eigenvalue weighted by atomic mass is 10.2. The number of nitrogens with one attached hydrogen (secondary N) is 2. The second-order valence-corrected chi connectivity index (χ2v) is 9.34. The third-order valence-corrected chi connectivity index (χ3v) is 6.89. The van der Waals surface area contributed by atoms with Crippen molar-refractivity contribution in [1.82, 2.24) is 15.0 Å². The van der Waals surface area contributed by atoms with Gasteiger partial charge in [-0.25, -0.2) is 9.97 Å². The number of nitrogens with zero attached hydrogens (tertiary/aromatic N) is 2. The predicted octanol–water partition coefficient (Wildman–Crippen LogP) is 5.26. The number of aromatic amines is 1. The molecule has 0 aliphatic rings. The van der Waals surface area contributed by atoms with Gasteiger partial charge in [0.15, 0.2) is 5.16 Å². The summed E-state index contributed by atoms with van der Waals surface area (Å²) >= 11 is 8.58. The molecule has 0 aliphatic carbocycles. The SMILES string of the molecule is COc1cccc(NC(=O)CSc2nc(-c3sc(-c4ccc(Cl)cc4)nc3C)cc(=O)[nH]2)c1. The fourth-order valence-corrected chi connectivity index (χ4v) is 4.84. The molecule has 2 heterocycles. The van der Waals surface area contributed by atoms with Gasteiger partial charge in [0.2, 0.25) is 5.91 Å². The number of aryl methyl sites for hydroxylation is 1. The van der Waals surface area contributed by atoms with Gasteiger partial charge in [-0.05, 0) is 31.2 Å². The van der Waals surface area contributed by atoms with Crippen molar-refractivity contribution in [1.29, 1.82) is 0 Å². The summed E-state index contributed by atoms with van der Waals surface area (Å²) in [6.07, 6.45) is 0. The average Bonchev–Trinajstić information content (AvgIpc) is 3.19. The zero-order valence-corrected chi connectivity index (χ0v) is 20.1. The van der Waals surface area contributed by atoms with Crippen molar-refractivity contribution >= 4 is 46.3 Å². The Kier molecular flexibility index (Phi) is 7.12. The molecule has 0 spiro atoms. The number of ether oxygens (including phenoxy) is 1. The zero-order chi connectivity index (χ0) is 23.4. The van der Waals surface area contributed by atoms with Crippen LogP contribution in [0.25, 0.3) is 21.1 Å². The van der Waals surface area contributed by atoms with E-state index in [9.17, 15) is 9.59 Å². The minimum Gasteiger partial charge on any atom is -0.497 e. The second-order valence-electron chi connectivity index (χ2n) is 6.95. The van der Waals surface area contributed by atoms with Gasteiger partial charge in [0.25, 0.3) is 5.56 Å². The summed E-state index contributed by atoms with van der Waals surface area (Å²) in [7, 11) is 1.56. The van der Waals surface area contributed by atoms with Crippen LogP contribution in [0.4, 0.5) is 5.69 Å². The minimum atomic E-state index is -0.295. The first-order chi connectivity index (χ1) is 15.9. The van der Waals surface area contributed by atoms with Crippen molar-refractivity contribution in [2.24, 2.45) is 0 Å². The van der Waals surface area contributed by atoms with E-state index >= 15 is 0 Å². The van der Waals surface area contributed by atoms with Crippen LogP contribution in [0.1, 0.15) is 5.69 Å². The maximum atomic E-state index is 12.4. The zero-order valence-electron chi connectivity index (χ0n) is 17.7. The quantitative estimate of drug-likeness (QED) is 0.266. The van der Waals surface area contributed by atoms with E-state index in [-0.39, 0.29) is 17.2 Å². The van der Waals surface area contributed by atoms with Crippen molar-refractivity contribution in [3.8, 4) is 26.9 Å². The summed E-state index contributed by atoms with van der Waals surface area (Å²) in [6.45, 7) is 1.88. The molecule has 2 aromatic heterocycles. The van der Waals surface area contributed by atoms with Gasteiger partial charge in [-0.15, -0.1) is 11.3 Å². The highest BCUT2D eigenvalue weighted by molar-refractivity contribution is 7.99. The van der Waals surface area contributed by atoms with Crippen LogP contribution in [0.5, 0.6) is 5.75 Å². The molecule has 0 aliphatic heterocycles. The summed E-state index contributed by atoms with van der Waals surface area (Å²) in [6, 6.07) is 15.9. The van der Waals surface area contributed by atoms with Crippen LogP contribution in [0.2, 0.25) is 5.02 Å². The first kappa shape index (κ1) is 23.0. The van der Waals surface area contributed by atoms with Crippen LogP contribution >= 0.6 is 34.7 Å². The Morgan fingerprint density at radius 1 is 1.18 bits per heavy atom. The lowest BCUT2D eigenvalue weighted by Gasteiger charge is -2.07. The summed E-state index contributed by atoms with van der Waals surface area (Å²) in [5.74, 6) is 0.513. The van der Waals surface area contributed by atoms with Gasteiger partial charge in [-0.3, -0.25) is 9.59 Å². The Labute approximate surface area is 203 Å². The number of carbonyl (C=O) groups excluding carboxylic acids is 1. The Bertz CT molecular complexity index is 1350. The van der Waals surface area contributed by atoms with Crippen LogP contribution in [0.3, 0.4) is 0 Å². The van der Waals surface area contributed by atoms with Gasteiger partial charge in [0, 0.05) is 28.4 Å². The van der Waals surface area contributed by atoms with Crippen LogP contribution in [-0.4, -0.2) is 33.7 Å². The highest BCUT2D eigenvalue weighted by Gasteiger charge is 2.15. The molecular formula is C23H19ClN4O3S2. The van der Waals surface area contributed by atoms with E-state index in [0.717, 1.165) is 32.9 Å². The van der Waals surface area contributed by atoms with Crippen molar-refractivity contribution in [3.63, 3.8) is 0 Å². The average molecular weight is 499 g/mol. The highest BCUT2D eigenvalue weighted by Crippen LogP contribution is 2.34. The van der Waals surface area contributed by atoms with E-state index in [1.807, 2.05) is 31.2 Å². The van der Waals surface area contributed by atoms with Crippen molar-refractivity contribution in [2.45, 2.75) is 12.1 Å². The van der Waals surface area contributed by atoms with Crippen LogP contribution < -0.4 is 15.6 Å². The summed E-state index contributed by atoms with van der Waals surface area (Å²) in [5, 5.41) is 4.63. The molecule has 0 atom stereocenters. The van der Waals surface area contributed by atoms with Gasteiger partial charge in [-0.2, -0.15) is 0 Å². The van der Waals surface area contributed by atoms with Crippen molar-refractivity contribution < 1.29 is 9.53 Å². The van der Waals surface area contributed by atoms with E-state index in [1.54, 1.807) is 31.4 Å². The monoisotopic (exact) mass is 498 g/mol. The lowest BCUT2D eigenvalue weighted by molar-refractivity contribution is -0.113. The summed E-state index contributed by atoms with van der Waals surface area (Å²) < 4.78 is 5.16. The Hall–Kier alpha value is -3.14. The van der Waals surface area contributed by atoms with E-state index < -0.39 is 0 Å². The molecule has 2 N–H and O–H groups in total. The number of thiazole rings is 1. The molecule has 4 aromatic rings. The maximum absolute atomic E-state index is 12.4. The number of thioether (sulfide) groups is 1. The first-order valence-corrected chi connectivity index (χ1v) is 12.0. The number of halogens is 1. The van der Waals surface area contributed by atoms with Crippen LogP contribution in [0.15, 0.2) is 64.5 Å². The third kappa shape index (κ3) is 5.81. The summed E-state index contributed by atoms with van der Waals surface area (Å²) in [4.78, 5) is 37.3. The number of H-pyrrole nitrogens is 1. The number of amides is 1. The van der Waals surface area contributed by atoms with E-state index in [1.165, 1.54) is 17.4 Å². The van der Waals surface area contributed by atoms with E-state index in [2.05, 4.69) is 20.3 Å². The van der Waals surface area contributed by atoms with Crippen LogP contribution in [0, 0.1) is 6.92 Å². The number of carbonyl (C=O) groups is 1. The molecule has 0 radical (unpaired) electrons. The van der Waals surface area contributed by atoms with Gasteiger partial charge in [0.1, 0.15) is 10.8 Å². The first-order valence-electron chi connectivity index (χ1n) is 9.83. The van der Waals surface area contributed by atoms with Crippen molar-refractivity contribution in [2.75, 3.05) is 18.2 Å². The van der Waals surface area contributed by atoms with E-state index in [0.29, 0.717) is 27.3 Å². The fourth-order valence-electron chi connectivity index (χ4n) is 3.00. The molecule has 168 valence electrons. The largest absolute Gasteiger partial charge is 0.497 e. The predicted molar refractivity (Wildman–Crippen MR) is 133 cm³/mol. The molecule has 0 bridgehead atoms. The van der Waals surface area contributed by atoms with Gasteiger partial charge < -0.3 is 15.0 Å². The second kappa shape index (κ2) is 10.2. The number of aromatic nitrogens is 3. The fraction of sp³-hybridized carbons (Fsp3) is 0.130. The standard InChI is InChI=1S/C23H19ClN4O3S2/c1-13-21(33-22(25-13)14-6-8-15(24)9-7-14)18-11-19(29)28-23(27-18)32-12-20(30)26-16-4-3-5-17(10-16)31-2/h3-11H,12H2,1-2H3,(H,26,30)(H,27,28,29). The number of anilines is 1. The molecular weight excluding hydrogens is 480 g/mol. The van der Waals surface area contributed by atoms with Crippen molar-refractivity contribution in [3.05, 3.63) is 75.7 Å². The van der Waals surface area contributed by atoms with Gasteiger partial charge in [-0.1, -0.05) is 41.6 Å². The molecule has 0 saturated carbocycles. The Morgan fingerprint density at radius 2 is 1.97 bits per heavy atom. The molecule has 0 unspecified atom stereocenters. The number of hydrogen-bond donors (Lipinski definition) is 2. The van der Waals surface area contributed by atoms with E-state index in [4.69, 9.17) is 16.3 Å². The maximum Gasteiger partial charge on any atom is 0.252 e. The molecule has 1 amide bonds. The lowest BCUT2D eigenvalue weighted by Crippen LogP contribution is -2.15. The van der Waals surface area contributed by atoms with Gasteiger partial charge in [0.05, 0.1) is 29.1 Å². The molecule has 0 saturated heterocycles. The van der Waals surface area contributed by atoms with Gasteiger partial charge >= 0.3 is 0 Å². The number of rotatable bonds is 7. The molecule has 4 rings (SSSR count). The number of methoxy groups -OCH3 is 1. The molecule has 33 heavy (non-hydrogen) atoms. The third-order valence-electron chi connectivity index (χ3n) is 4.53. The normalized spacial score (nSPS) is 10.8. The Balaban J connectivity index is 1.49. The molecule has 2 aromatic carbocycles. The number of hydrogen-bond acceptors (Lipinski definition) is 7. The molecule has 0 fully saturated rings. The van der Waals surface area contributed by atoms with Crippen LogP contribution in [-0.2, 0) is 4.79 Å². The molecule has 7 nitrogen and oxygen atoms in total. The smallest absolute Gasteiger partial charge is 0.252 e.